The summed E-state index contributed by atoms with van der Waals surface area (Å²) in [5.41, 5.74) is 9.84. The molecule has 0 aliphatic carbocycles. The van der Waals surface area contributed by atoms with Crippen molar-refractivity contribution in [2.75, 3.05) is 0 Å². The number of sulfonamides is 1. The maximum atomic E-state index is 12.1. The number of primary sulfonamides is 1. The van der Waals surface area contributed by atoms with E-state index in [1.165, 1.54) is 6.07 Å². The lowest BCUT2D eigenvalue weighted by Gasteiger charge is -2.10. The first-order chi connectivity index (χ1) is 15.8. The number of carbonyl (C=O) groups is 1. The number of amides is 1. The molecule has 0 spiro atoms. The molecule has 0 aliphatic heterocycles. The summed E-state index contributed by atoms with van der Waals surface area (Å²) in [4.78, 5) is 16.1. The summed E-state index contributed by atoms with van der Waals surface area (Å²) >= 11 is 0. The van der Waals surface area contributed by atoms with E-state index in [2.05, 4.69) is 4.98 Å². The van der Waals surface area contributed by atoms with E-state index in [1.807, 2.05) is 47.0 Å². The summed E-state index contributed by atoms with van der Waals surface area (Å²) < 4.78 is 26.1. The van der Waals surface area contributed by atoms with E-state index in [0.717, 1.165) is 32.9 Å². The number of imidazole rings is 1. The third-order valence-corrected chi connectivity index (χ3v) is 6.64. The van der Waals surface area contributed by atoms with Crippen molar-refractivity contribution in [2.45, 2.75) is 11.4 Å². The van der Waals surface area contributed by atoms with Gasteiger partial charge in [-0.2, -0.15) is 0 Å². The number of carbonyl (C=O) groups excluding carboxylic acids is 1. The van der Waals surface area contributed by atoms with E-state index >= 15 is 0 Å². The molecule has 0 radical (unpaired) electrons. The largest absolute Gasteiger partial charge is 0.366 e. The van der Waals surface area contributed by atoms with Gasteiger partial charge in [0.2, 0.25) is 15.9 Å². The van der Waals surface area contributed by atoms with Crippen LogP contribution < -0.4 is 10.9 Å². The van der Waals surface area contributed by atoms with Gasteiger partial charge in [0, 0.05) is 17.7 Å². The van der Waals surface area contributed by atoms with Gasteiger partial charge in [-0.25, -0.2) is 18.5 Å². The van der Waals surface area contributed by atoms with Gasteiger partial charge in [0.25, 0.3) is 0 Å². The van der Waals surface area contributed by atoms with Crippen LogP contribution in [0.1, 0.15) is 15.9 Å². The quantitative estimate of drug-likeness (QED) is 0.419. The lowest BCUT2D eigenvalue weighted by molar-refractivity contribution is 0.100. The Morgan fingerprint density at radius 2 is 1.70 bits per heavy atom. The van der Waals surface area contributed by atoms with E-state index in [1.54, 1.807) is 36.7 Å². The van der Waals surface area contributed by atoms with Gasteiger partial charge in [-0.1, -0.05) is 42.5 Å². The first kappa shape index (κ1) is 20.9. The average molecular weight is 457 g/mol. The Bertz CT molecular complexity index is 1660. The SMILES string of the molecule is NC(=O)c1ccc2ccc(Cn3cnc4ccc(-c5ccccc5S(N)(=O)=O)cc43)cc2c1. The average Bonchev–Trinajstić information content (AvgIpc) is 3.20. The van der Waals surface area contributed by atoms with Gasteiger partial charge in [-0.15, -0.1) is 0 Å². The van der Waals surface area contributed by atoms with E-state index in [4.69, 9.17) is 10.9 Å². The summed E-state index contributed by atoms with van der Waals surface area (Å²) in [5, 5.41) is 7.36. The Balaban J connectivity index is 1.56. The van der Waals surface area contributed by atoms with Crippen LogP contribution in [0.25, 0.3) is 32.9 Å². The molecule has 0 fully saturated rings. The summed E-state index contributed by atoms with van der Waals surface area (Å²) in [5.74, 6) is -0.463. The lowest BCUT2D eigenvalue weighted by atomic mass is 10.0. The molecule has 4 N–H and O–H groups in total. The van der Waals surface area contributed by atoms with Crippen molar-refractivity contribution in [3.05, 3.63) is 96.3 Å². The zero-order valence-corrected chi connectivity index (χ0v) is 18.3. The molecule has 4 aromatic carbocycles. The highest BCUT2D eigenvalue weighted by Gasteiger charge is 2.15. The fraction of sp³-hybridized carbons (Fsp3) is 0.0400. The van der Waals surface area contributed by atoms with Crippen LogP contribution in [0, 0.1) is 0 Å². The highest BCUT2D eigenvalue weighted by Crippen LogP contribution is 2.29. The van der Waals surface area contributed by atoms with Gasteiger partial charge in [0.05, 0.1) is 22.3 Å². The molecule has 1 heterocycles. The summed E-state index contributed by atoms with van der Waals surface area (Å²) in [6.45, 7) is 0.549. The standard InChI is InChI=1S/C25H20N4O3S/c26-25(30)19-8-7-17-6-5-16(11-20(17)12-19)14-29-15-28-22-10-9-18(13-23(22)29)21-3-1-2-4-24(21)33(27,31)32/h1-13,15H,14H2,(H2,26,30)(H2,27,31,32). The highest BCUT2D eigenvalue weighted by molar-refractivity contribution is 7.89. The molecule has 33 heavy (non-hydrogen) atoms. The van der Waals surface area contributed by atoms with E-state index in [0.29, 0.717) is 17.7 Å². The van der Waals surface area contributed by atoms with Gasteiger partial charge >= 0.3 is 0 Å². The van der Waals surface area contributed by atoms with E-state index in [9.17, 15) is 13.2 Å². The van der Waals surface area contributed by atoms with Crippen molar-refractivity contribution < 1.29 is 13.2 Å². The van der Waals surface area contributed by atoms with E-state index in [-0.39, 0.29) is 4.90 Å². The second-order valence-corrected chi connectivity index (χ2v) is 9.41. The second kappa shape index (κ2) is 7.84. The molecule has 5 aromatic rings. The van der Waals surface area contributed by atoms with Crippen molar-refractivity contribution in [2.24, 2.45) is 10.9 Å². The van der Waals surface area contributed by atoms with Crippen LogP contribution in [0.5, 0.6) is 0 Å². The maximum absolute atomic E-state index is 12.1. The summed E-state index contributed by atoms with van der Waals surface area (Å²) in [7, 11) is -3.87. The number of hydrogen-bond acceptors (Lipinski definition) is 4. The van der Waals surface area contributed by atoms with E-state index < -0.39 is 15.9 Å². The number of aromatic nitrogens is 2. The molecule has 1 amide bonds. The van der Waals surface area contributed by atoms with Crippen LogP contribution in [0.2, 0.25) is 0 Å². The van der Waals surface area contributed by atoms with Crippen LogP contribution in [-0.4, -0.2) is 23.9 Å². The van der Waals surface area contributed by atoms with Crippen molar-refractivity contribution in [3.8, 4) is 11.1 Å². The minimum atomic E-state index is -3.87. The summed E-state index contributed by atoms with van der Waals surface area (Å²) in [6, 6.07) is 23.7. The first-order valence-electron chi connectivity index (χ1n) is 10.2. The van der Waals surface area contributed by atoms with Crippen LogP contribution in [0.3, 0.4) is 0 Å². The van der Waals surface area contributed by atoms with Crippen molar-refractivity contribution in [1.82, 2.24) is 9.55 Å². The minimum Gasteiger partial charge on any atom is -0.366 e. The molecule has 0 unspecified atom stereocenters. The molecular formula is C25H20N4O3S. The molecule has 0 saturated carbocycles. The molecular weight excluding hydrogens is 436 g/mol. The molecule has 1 aromatic heterocycles. The van der Waals surface area contributed by atoms with Gasteiger partial charge in [-0.05, 0) is 58.3 Å². The van der Waals surface area contributed by atoms with Crippen LogP contribution in [0.15, 0.2) is 90.1 Å². The number of primary amides is 1. The minimum absolute atomic E-state index is 0.0789. The topological polar surface area (TPSA) is 121 Å². The van der Waals surface area contributed by atoms with Gasteiger partial charge in [0.1, 0.15) is 0 Å². The Morgan fingerprint density at radius 1 is 0.909 bits per heavy atom. The fourth-order valence-corrected chi connectivity index (χ4v) is 4.81. The lowest BCUT2D eigenvalue weighted by Crippen LogP contribution is -2.13. The fourth-order valence-electron chi connectivity index (χ4n) is 4.05. The molecule has 164 valence electrons. The predicted octanol–water partition coefficient (Wildman–Crippen LogP) is 3.65. The van der Waals surface area contributed by atoms with Crippen LogP contribution in [-0.2, 0) is 16.6 Å². The van der Waals surface area contributed by atoms with Gasteiger partial charge < -0.3 is 10.3 Å². The third kappa shape index (κ3) is 3.97. The zero-order valence-electron chi connectivity index (χ0n) is 17.5. The Labute approximate surface area is 190 Å². The normalized spacial score (nSPS) is 11.8. The molecule has 8 heteroatoms. The van der Waals surface area contributed by atoms with Gasteiger partial charge in [0.15, 0.2) is 0 Å². The van der Waals surface area contributed by atoms with Crippen molar-refractivity contribution >= 4 is 37.7 Å². The first-order valence-corrected chi connectivity index (χ1v) is 11.7. The molecule has 7 nitrogen and oxygen atoms in total. The maximum Gasteiger partial charge on any atom is 0.248 e. The molecule has 5 rings (SSSR count). The third-order valence-electron chi connectivity index (χ3n) is 5.67. The number of nitrogens with zero attached hydrogens (tertiary/aromatic N) is 2. The number of rotatable bonds is 5. The highest BCUT2D eigenvalue weighted by atomic mass is 32.2. The molecule has 0 bridgehead atoms. The Kier molecular flexibility index (Phi) is 4.96. The molecule has 0 aliphatic rings. The summed E-state index contributed by atoms with van der Waals surface area (Å²) in [6.07, 6.45) is 1.75. The smallest absolute Gasteiger partial charge is 0.248 e. The van der Waals surface area contributed by atoms with Crippen molar-refractivity contribution in [3.63, 3.8) is 0 Å². The zero-order chi connectivity index (χ0) is 23.2. The predicted molar refractivity (Wildman–Crippen MR) is 128 cm³/mol. The van der Waals surface area contributed by atoms with Gasteiger partial charge in [-0.3, -0.25) is 4.79 Å². The monoisotopic (exact) mass is 456 g/mol. The van der Waals surface area contributed by atoms with Crippen LogP contribution in [0.4, 0.5) is 0 Å². The van der Waals surface area contributed by atoms with Crippen molar-refractivity contribution in [1.29, 1.82) is 0 Å². The Morgan fingerprint density at radius 3 is 2.48 bits per heavy atom. The molecule has 0 saturated heterocycles. The number of benzene rings is 4. The number of hydrogen-bond donors (Lipinski definition) is 2. The second-order valence-electron chi connectivity index (χ2n) is 7.88. The van der Waals surface area contributed by atoms with Crippen LogP contribution >= 0.6 is 0 Å². The molecule has 0 atom stereocenters. The Hall–Kier alpha value is -4.01. The number of fused-ring (bicyclic) bond motifs is 2. The number of nitrogens with two attached hydrogens (primary N) is 2.